The maximum Gasteiger partial charge on any atom is 0.0845 e. The van der Waals surface area contributed by atoms with Crippen molar-refractivity contribution in [2.45, 2.75) is 12.6 Å². The molecule has 3 heteroatoms. The molecule has 16 heavy (non-hydrogen) atoms. The Hall–Kier alpha value is -1.32. The van der Waals surface area contributed by atoms with E-state index in [-0.39, 0.29) is 6.10 Å². The van der Waals surface area contributed by atoms with Crippen LogP contribution in [0.15, 0.2) is 30.5 Å². The molecular formula is C13H17N2O. The van der Waals surface area contributed by atoms with Crippen molar-refractivity contribution in [1.82, 2.24) is 9.47 Å². The number of aromatic nitrogens is 1. The quantitative estimate of drug-likeness (QED) is 0.837. The van der Waals surface area contributed by atoms with Crippen LogP contribution >= 0.6 is 0 Å². The summed E-state index contributed by atoms with van der Waals surface area (Å²) in [5.41, 5.74) is 1.13. The van der Waals surface area contributed by atoms with E-state index in [1.807, 2.05) is 54.0 Å². The molecule has 1 aromatic heterocycles. The van der Waals surface area contributed by atoms with Gasteiger partial charge in [0.2, 0.25) is 0 Å². The molecule has 1 radical (unpaired) electrons. The first-order chi connectivity index (χ1) is 7.66. The summed E-state index contributed by atoms with van der Waals surface area (Å²) in [7, 11) is 3.92. The lowest BCUT2D eigenvalue weighted by atomic mass is 10.2. The summed E-state index contributed by atoms with van der Waals surface area (Å²) in [5.74, 6) is 0. The summed E-state index contributed by atoms with van der Waals surface area (Å²) in [6, 6.07) is 11.3. The maximum atomic E-state index is 9.87. The van der Waals surface area contributed by atoms with Gasteiger partial charge in [0.1, 0.15) is 0 Å². The smallest absolute Gasteiger partial charge is 0.0845 e. The van der Waals surface area contributed by atoms with E-state index in [1.165, 1.54) is 0 Å². The second-order valence-corrected chi connectivity index (χ2v) is 4.36. The van der Waals surface area contributed by atoms with Crippen LogP contribution in [0.3, 0.4) is 0 Å². The summed E-state index contributed by atoms with van der Waals surface area (Å²) in [6.07, 6.45) is 1.56. The van der Waals surface area contributed by atoms with Crippen LogP contribution in [0.25, 0.3) is 10.9 Å². The number of nitrogens with zero attached hydrogens (tertiary/aromatic N) is 2. The third-order valence-corrected chi connectivity index (χ3v) is 2.57. The molecule has 0 spiro atoms. The zero-order valence-electron chi connectivity index (χ0n) is 9.72. The number of fused-ring (bicyclic) bond motifs is 1. The first kappa shape index (κ1) is 11.2. The molecular weight excluding hydrogens is 200 g/mol. The van der Waals surface area contributed by atoms with E-state index in [2.05, 4.69) is 6.07 Å². The normalized spacial score (nSPS) is 13.5. The van der Waals surface area contributed by atoms with E-state index in [1.54, 1.807) is 0 Å². The van der Waals surface area contributed by atoms with Crippen LogP contribution < -0.4 is 0 Å². The van der Waals surface area contributed by atoms with Gasteiger partial charge in [0.05, 0.1) is 6.10 Å². The predicted octanol–water partition coefficient (Wildman–Crippen LogP) is 1.36. The molecule has 2 aromatic rings. The van der Waals surface area contributed by atoms with Crippen LogP contribution in [0.2, 0.25) is 0 Å². The van der Waals surface area contributed by atoms with Crippen LogP contribution in [-0.4, -0.2) is 41.3 Å². The summed E-state index contributed by atoms with van der Waals surface area (Å²) in [5, 5.41) is 11.0. The molecule has 1 N–H and O–H groups in total. The van der Waals surface area contributed by atoms with Crippen molar-refractivity contribution in [3.63, 3.8) is 0 Å². The molecule has 0 saturated carbocycles. The van der Waals surface area contributed by atoms with Crippen molar-refractivity contribution in [1.29, 1.82) is 0 Å². The largest absolute Gasteiger partial charge is 0.390 e. The average Bonchev–Trinajstić information content (AvgIpc) is 2.61. The third kappa shape index (κ3) is 2.43. The van der Waals surface area contributed by atoms with Crippen LogP contribution in [0, 0.1) is 6.07 Å². The summed E-state index contributed by atoms with van der Waals surface area (Å²) in [6.45, 7) is 1.29. The topological polar surface area (TPSA) is 28.4 Å². The van der Waals surface area contributed by atoms with Gasteiger partial charge in [0, 0.05) is 36.3 Å². The zero-order chi connectivity index (χ0) is 11.5. The van der Waals surface area contributed by atoms with E-state index < -0.39 is 0 Å². The Morgan fingerprint density at radius 1 is 1.38 bits per heavy atom. The van der Waals surface area contributed by atoms with Gasteiger partial charge < -0.3 is 14.6 Å². The highest BCUT2D eigenvalue weighted by atomic mass is 16.3. The Bertz CT molecular complexity index is 462. The number of hydrogen-bond donors (Lipinski definition) is 1. The van der Waals surface area contributed by atoms with Crippen molar-refractivity contribution in [3.05, 3.63) is 36.5 Å². The van der Waals surface area contributed by atoms with Crippen LogP contribution in [0.1, 0.15) is 0 Å². The van der Waals surface area contributed by atoms with Gasteiger partial charge in [-0.2, -0.15) is 0 Å². The average molecular weight is 217 g/mol. The van der Waals surface area contributed by atoms with Gasteiger partial charge in [-0.1, -0.05) is 18.2 Å². The monoisotopic (exact) mass is 217 g/mol. The Kier molecular flexibility index (Phi) is 3.27. The number of likely N-dealkylation sites (N-methyl/N-ethyl adjacent to an activating group) is 1. The molecule has 0 amide bonds. The molecule has 85 valence electrons. The summed E-state index contributed by atoms with van der Waals surface area (Å²) in [4.78, 5) is 1.99. The zero-order valence-corrected chi connectivity index (χ0v) is 9.72. The molecule has 2 rings (SSSR count). The molecule has 0 aliphatic carbocycles. The van der Waals surface area contributed by atoms with Crippen LogP contribution in [-0.2, 0) is 6.54 Å². The highest BCUT2D eigenvalue weighted by molar-refractivity contribution is 5.79. The van der Waals surface area contributed by atoms with E-state index >= 15 is 0 Å². The van der Waals surface area contributed by atoms with Crippen molar-refractivity contribution in [2.24, 2.45) is 0 Å². The maximum absolute atomic E-state index is 9.87. The van der Waals surface area contributed by atoms with Crippen molar-refractivity contribution in [2.75, 3.05) is 20.6 Å². The Morgan fingerprint density at radius 3 is 2.88 bits per heavy atom. The minimum absolute atomic E-state index is 0.348. The first-order valence-corrected chi connectivity index (χ1v) is 5.45. The van der Waals surface area contributed by atoms with Crippen molar-refractivity contribution < 1.29 is 5.11 Å². The van der Waals surface area contributed by atoms with Gasteiger partial charge in [0.15, 0.2) is 0 Å². The Labute approximate surface area is 95.9 Å². The lowest BCUT2D eigenvalue weighted by molar-refractivity contribution is 0.121. The molecule has 0 fully saturated rings. The van der Waals surface area contributed by atoms with Crippen molar-refractivity contribution >= 4 is 10.9 Å². The van der Waals surface area contributed by atoms with Gasteiger partial charge in [0.25, 0.3) is 0 Å². The molecule has 0 bridgehead atoms. The molecule has 0 saturated heterocycles. The number of benzene rings is 1. The number of aliphatic hydroxyl groups excluding tert-OH is 1. The number of rotatable bonds is 4. The lowest BCUT2D eigenvalue weighted by Gasteiger charge is -2.17. The SMILES string of the molecule is CN(C)CC(O)Cn1c[c]c2ccccc21. The fourth-order valence-electron chi connectivity index (χ4n) is 1.92. The van der Waals surface area contributed by atoms with E-state index in [0.717, 1.165) is 10.9 Å². The fraction of sp³-hybridized carbons (Fsp3) is 0.385. The molecule has 1 unspecified atom stereocenters. The Morgan fingerprint density at radius 2 is 2.12 bits per heavy atom. The fourth-order valence-corrected chi connectivity index (χ4v) is 1.92. The molecule has 3 nitrogen and oxygen atoms in total. The van der Waals surface area contributed by atoms with Crippen LogP contribution in [0.5, 0.6) is 0 Å². The third-order valence-electron chi connectivity index (χ3n) is 2.57. The molecule has 0 aliphatic heterocycles. The van der Waals surface area contributed by atoms with E-state index in [4.69, 9.17) is 0 Å². The van der Waals surface area contributed by atoms with Gasteiger partial charge in [-0.15, -0.1) is 0 Å². The van der Waals surface area contributed by atoms with Gasteiger partial charge >= 0.3 is 0 Å². The molecule has 1 heterocycles. The Balaban J connectivity index is 2.15. The molecule has 0 aliphatic rings. The number of aliphatic hydroxyl groups is 1. The lowest BCUT2D eigenvalue weighted by Crippen LogP contribution is -2.29. The summed E-state index contributed by atoms with van der Waals surface area (Å²) >= 11 is 0. The number of para-hydroxylation sites is 1. The molecule has 1 atom stereocenters. The second kappa shape index (κ2) is 4.68. The number of hydrogen-bond acceptors (Lipinski definition) is 2. The van der Waals surface area contributed by atoms with E-state index in [9.17, 15) is 5.11 Å². The van der Waals surface area contributed by atoms with Crippen molar-refractivity contribution in [3.8, 4) is 0 Å². The van der Waals surface area contributed by atoms with E-state index in [0.29, 0.717) is 13.1 Å². The highest BCUT2D eigenvalue weighted by Gasteiger charge is 2.08. The standard InChI is InChI=1S/C13H17N2O/c1-14(2)9-12(16)10-15-8-7-11-5-3-4-6-13(11)15/h3-6,8,12,16H,9-10H2,1-2H3. The van der Waals surface area contributed by atoms with Gasteiger partial charge in [-0.05, 0) is 20.2 Å². The predicted molar refractivity (Wildman–Crippen MR) is 65.3 cm³/mol. The van der Waals surface area contributed by atoms with Gasteiger partial charge in [-0.25, -0.2) is 0 Å². The summed E-state index contributed by atoms with van der Waals surface area (Å²) < 4.78 is 2.05. The first-order valence-electron chi connectivity index (χ1n) is 5.45. The van der Waals surface area contributed by atoms with Crippen LogP contribution in [0.4, 0.5) is 0 Å². The highest BCUT2D eigenvalue weighted by Crippen LogP contribution is 2.14. The minimum atomic E-state index is -0.348. The van der Waals surface area contributed by atoms with Gasteiger partial charge in [-0.3, -0.25) is 0 Å². The minimum Gasteiger partial charge on any atom is -0.390 e. The second-order valence-electron chi connectivity index (χ2n) is 4.36. The molecule has 1 aromatic carbocycles.